The van der Waals surface area contributed by atoms with Gasteiger partial charge in [-0.2, -0.15) is 0 Å². The number of nitrogens with zero attached hydrogens (tertiary/aromatic N) is 3. The van der Waals surface area contributed by atoms with Crippen LogP contribution in [0.2, 0.25) is 0 Å². The number of hydrogen-bond donors (Lipinski definition) is 0. The molecule has 3 aliphatic rings. The Kier molecular flexibility index (Phi) is 4.26. The van der Waals surface area contributed by atoms with Crippen molar-refractivity contribution < 1.29 is 14.3 Å². The minimum Gasteiger partial charge on any atom is -0.497 e. The highest BCUT2D eigenvalue weighted by molar-refractivity contribution is 9.10. The van der Waals surface area contributed by atoms with Gasteiger partial charge in [-0.25, -0.2) is 14.9 Å². The van der Waals surface area contributed by atoms with Crippen LogP contribution in [0, 0.1) is 5.92 Å². The second-order valence-corrected chi connectivity index (χ2v) is 8.27. The first-order valence-corrected chi connectivity index (χ1v) is 10.2. The summed E-state index contributed by atoms with van der Waals surface area (Å²) >= 11 is 3.48. The number of carbonyl (C=O) groups excluding carboxylic acids is 2. The summed E-state index contributed by atoms with van der Waals surface area (Å²) in [6.45, 7) is 1.68. The SMILES string of the molecule is COc1ccc(N2C(=O)[C@H]3[C@@H](c4ccc(Br)cc4)N4CCCN4[C@H]3C2=O)cc1. The molecule has 0 N–H and O–H groups in total. The zero-order chi connectivity index (χ0) is 19.4. The molecule has 2 amide bonds. The lowest BCUT2D eigenvalue weighted by Crippen LogP contribution is -2.44. The largest absolute Gasteiger partial charge is 0.497 e. The molecule has 3 saturated heterocycles. The van der Waals surface area contributed by atoms with Crippen LogP contribution in [0.3, 0.4) is 0 Å². The van der Waals surface area contributed by atoms with Gasteiger partial charge in [0, 0.05) is 17.6 Å². The molecule has 0 radical (unpaired) electrons. The fourth-order valence-electron chi connectivity index (χ4n) is 4.76. The van der Waals surface area contributed by atoms with Gasteiger partial charge in [0.25, 0.3) is 5.91 Å². The number of hydrazine groups is 1. The summed E-state index contributed by atoms with van der Waals surface area (Å²) < 4.78 is 6.19. The summed E-state index contributed by atoms with van der Waals surface area (Å²) in [7, 11) is 1.59. The molecule has 2 aromatic rings. The fourth-order valence-corrected chi connectivity index (χ4v) is 5.02. The van der Waals surface area contributed by atoms with Crippen molar-refractivity contribution in [3.05, 3.63) is 58.6 Å². The molecule has 5 rings (SSSR count). The zero-order valence-electron chi connectivity index (χ0n) is 15.4. The molecule has 0 bridgehead atoms. The van der Waals surface area contributed by atoms with Crippen molar-refractivity contribution in [2.24, 2.45) is 5.92 Å². The molecule has 2 aromatic carbocycles. The van der Waals surface area contributed by atoms with Gasteiger partial charge in [-0.3, -0.25) is 9.59 Å². The number of benzene rings is 2. The van der Waals surface area contributed by atoms with E-state index in [2.05, 4.69) is 25.9 Å². The van der Waals surface area contributed by atoms with E-state index in [1.54, 1.807) is 31.4 Å². The number of methoxy groups -OCH3 is 1. The van der Waals surface area contributed by atoms with E-state index in [4.69, 9.17) is 4.74 Å². The van der Waals surface area contributed by atoms with Crippen LogP contribution in [0.25, 0.3) is 0 Å². The number of rotatable bonds is 3. The number of fused-ring (bicyclic) bond motifs is 3. The Morgan fingerprint density at radius 2 is 1.54 bits per heavy atom. The topological polar surface area (TPSA) is 53.1 Å². The number of hydrogen-bond acceptors (Lipinski definition) is 5. The molecule has 144 valence electrons. The van der Waals surface area contributed by atoms with Gasteiger partial charge >= 0.3 is 0 Å². The van der Waals surface area contributed by atoms with E-state index in [1.165, 1.54) is 4.90 Å². The molecule has 7 heteroatoms. The van der Waals surface area contributed by atoms with Gasteiger partial charge in [0.2, 0.25) is 5.91 Å². The van der Waals surface area contributed by atoms with E-state index in [0.717, 1.165) is 29.5 Å². The molecule has 0 saturated carbocycles. The zero-order valence-corrected chi connectivity index (χ0v) is 17.0. The highest BCUT2D eigenvalue weighted by atomic mass is 79.9. The monoisotopic (exact) mass is 441 g/mol. The summed E-state index contributed by atoms with van der Waals surface area (Å²) in [5.41, 5.74) is 1.67. The highest BCUT2D eigenvalue weighted by Gasteiger charge is 2.62. The molecule has 0 aromatic heterocycles. The Morgan fingerprint density at radius 3 is 2.18 bits per heavy atom. The molecule has 28 heavy (non-hydrogen) atoms. The van der Waals surface area contributed by atoms with Gasteiger partial charge in [0.15, 0.2) is 0 Å². The maximum Gasteiger partial charge on any atom is 0.253 e. The Hall–Kier alpha value is -2.22. The first-order chi connectivity index (χ1) is 13.6. The molecule has 0 aliphatic carbocycles. The third-order valence-electron chi connectivity index (χ3n) is 5.95. The summed E-state index contributed by atoms with van der Waals surface area (Å²) in [6, 6.07) is 14.6. The van der Waals surface area contributed by atoms with E-state index in [0.29, 0.717) is 11.4 Å². The number of amides is 2. The molecular formula is C21H20BrN3O3. The second kappa shape index (κ2) is 6.69. The number of carbonyl (C=O) groups is 2. The van der Waals surface area contributed by atoms with Gasteiger partial charge in [-0.1, -0.05) is 28.1 Å². The average Bonchev–Trinajstić information content (AvgIpc) is 3.35. The molecule has 3 fully saturated rings. The average molecular weight is 442 g/mol. The first-order valence-electron chi connectivity index (χ1n) is 9.40. The van der Waals surface area contributed by atoms with Crippen molar-refractivity contribution in [1.82, 2.24) is 10.0 Å². The predicted molar refractivity (Wildman–Crippen MR) is 108 cm³/mol. The van der Waals surface area contributed by atoms with E-state index in [9.17, 15) is 9.59 Å². The fraction of sp³-hybridized carbons (Fsp3) is 0.333. The smallest absolute Gasteiger partial charge is 0.253 e. The van der Waals surface area contributed by atoms with Crippen LogP contribution in [0.15, 0.2) is 53.0 Å². The third kappa shape index (κ3) is 2.53. The Bertz CT molecular complexity index is 931. The van der Waals surface area contributed by atoms with Crippen LogP contribution < -0.4 is 9.64 Å². The number of imide groups is 1. The minimum absolute atomic E-state index is 0.111. The quantitative estimate of drug-likeness (QED) is 0.685. The lowest BCUT2D eigenvalue weighted by Gasteiger charge is -2.29. The Labute approximate surface area is 171 Å². The lowest BCUT2D eigenvalue weighted by molar-refractivity contribution is -0.126. The van der Waals surface area contributed by atoms with Crippen molar-refractivity contribution in [2.45, 2.75) is 18.5 Å². The molecular weight excluding hydrogens is 422 g/mol. The van der Waals surface area contributed by atoms with Crippen LogP contribution in [0.4, 0.5) is 5.69 Å². The van der Waals surface area contributed by atoms with E-state index >= 15 is 0 Å². The van der Waals surface area contributed by atoms with E-state index in [1.807, 2.05) is 24.3 Å². The standard InChI is InChI=1S/C21H20BrN3O3/c1-28-16-9-7-15(8-10-16)25-20(26)17-18(13-3-5-14(22)6-4-13)23-11-2-12-24(23)19(17)21(25)27/h3-10,17-19H,2,11-12H2,1H3/t17-,18+,19+/m0/s1. The summed E-state index contributed by atoms with van der Waals surface area (Å²) in [6.07, 6.45) is 1.00. The third-order valence-corrected chi connectivity index (χ3v) is 6.48. The van der Waals surface area contributed by atoms with Crippen LogP contribution in [0.1, 0.15) is 18.0 Å². The molecule has 3 heterocycles. The lowest BCUT2D eigenvalue weighted by atomic mass is 9.90. The van der Waals surface area contributed by atoms with Gasteiger partial charge < -0.3 is 4.74 Å². The summed E-state index contributed by atoms with van der Waals surface area (Å²) in [4.78, 5) is 28.1. The molecule has 0 spiro atoms. The number of halogens is 1. The Balaban J connectivity index is 1.55. The summed E-state index contributed by atoms with van der Waals surface area (Å²) in [5.74, 6) is 0.0479. The second-order valence-electron chi connectivity index (χ2n) is 7.36. The normalized spacial score (nSPS) is 27.4. The highest BCUT2D eigenvalue weighted by Crippen LogP contribution is 2.49. The maximum atomic E-state index is 13.4. The first kappa shape index (κ1) is 17.8. The van der Waals surface area contributed by atoms with Crippen molar-refractivity contribution in [1.29, 1.82) is 0 Å². The predicted octanol–water partition coefficient (Wildman–Crippen LogP) is 2.99. The van der Waals surface area contributed by atoms with Crippen molar-refractivity contribution in [3.63, 3.8) is 0 Å². The van der Waals surface area contributed by atoms with Crippen molar-refractivity contribution >= 4 is 33.4 Å². The number of ether oxygens (including phenoxy) is 1. The van der Waals surface area contributed by atoms with Gasteiger partial charge in [0.05, 0.1) is 24.8 Å². The van der Waals surface area contributed by atoms with Crippen molar-refractivity contribution in [2.75, 3.05) is 25.1 Å². The van der Waals surface area contributed by atoms with Crippen LogP contribution >= 0.6 is 15.9 Å². The van der Waals surface area contributed by atoms with Gasteiger partial charge in [-0.05, 0) is 48.4 Å². The molecule has 0 unspecified atom stereocenters. The van der Waals surface area contributed by atoms with Crippen molar-refractivity contribution in [3.8, 4) is 5.75 Å². The molecule has 6 nitrogen and oxygen atoms in total. The van der Waals surface area contributed by atoms with E-state index in [-0.39, 0.29) is 17.9 Å². The minimum atomic E-state index is -0.425. The van der Waals surface area contributed by atoms with Gasteiger partial charge in [-0.15, -0.1) is 0 Å². The molecule has 3 atom stereocenters. The van der Waals surface area contributed by atoms with E-state index < -0.39 is 12.0 Å². The number of anilines is 1. The molecule has 3 aliphatic heterocycles. The maximum absolute atomic E-state index is 13.4. The summed E-state index contributed by atoms with van der Waals surface area (Å²) in [5, 5.41) is 4.33. The van der Waals surface area contributed by atoms with Crippen LogP contribution in [-0.4, -0.2) is 48.1 Å². The Morgan fingerprint density at radius 1 is 0.893 bits per heavy atom. The van der Waals surface area contributed by atoms with Gasteiger partial charge in [0.1, 0.15) is 11.8 Å². The van der Waals surface area contributed by atoms with Crippen LogP contribution in [-0.2, 0) is 9.59 Å². The van der Waals surface area contributed by atoms with Crippen LogP contribution in [0.5, 0.6) is 5.75 Å².